The summed E-state index contributed by atoms with van der Waals surface area (Å²) in [7, 11) is 0. The van der Waals surface area contributed by atoms with Gasteiger partial charge in [-0.15, -0.1) is 0 Å². The van der Waals surface area contributed by atoms with Gasteiger partial charge in [0.25, 0.3) is 0 Å². The van der Waals surface area contributed by atoms with Crippen LogP contribution in [0.1, 0.15) is 45.1 Å². The van der Waals surface area contributed by atoms with Crippen molar-refractivity contribution in [3.8, 4) is 5.75 Å². The lowest BCUT2D eigenvalue weighted by Gasteiger charge is -2.34. The number of benzene rings is 1. The highest BCUT2D eigenvalue weighted by molar-refractivity contribution is 6.31. The van der Waals surface area contributed by atoms with Gasteiger partial charge in [0.05, 0.1) is 11.7 Å². The Balaban J connectivity index is 2.10. The molecule has 1 fully saturated rings. The van der Waals surface area contributed by atoms with Crippen LogP contribution >= 0.6 is 11.6 Å². The van der Waals surface area contributed by atoms with Crippen molar-refractivity contribution in [1.29, 1.82) is 5.41 Å². The van der Waals surface area contributed by atoms with Crippen molar-refractivity contribution >= 4 is 17.4 Å². The third-order valence-electron chi connectivity index (χ3n) is 3.81. The molecule has 0 bridgehead atoms. The van der Waals surface area contributed by atoms with Gasteiger partial charge in [-0.05, 0) is 49.3 Å². The second kappa shape index (κ2) is 5.41. The average Bonchev–Trinajstić information content (AvgIpc) is 2.33. The molecule has 3 nitrogen and oxygen atoms in total. The first-order valence-electron chi connectivity index (χ1n) is 6.68. The number of nitrogen functional groups attached to an aromatic ring is 1. The Bertz CT molecular complexity index is 475. The molecule has 1 aliphatic carbocycles. The van der Waals surface area contributed by atoms with Crippen LogP contribution in [-0.4, -0.2) is 11.9 Å². The zero-order valence-electron chi connectivity index (χ0n) is 11.5. The topological polar surface area (TPSA) is 59.1 Å². The molecule has 3 N–H and O–H groups in total. The highest BCUT2D eigenvalue weighted by Crippen LogP contribution is 2.37. The molecule has 1 aromatic rings. The Labute approximate surface area is 119 Å². The van der Waals surface area contributed by atoms with Crippen molar-refractivity contribution in [3.05, 3.63) is 28.8 Å². The summed E-state index contributed by atoms with van der Waals surface area (Å²) in [4.78, 5) is 0. The molecule has 1 aromatic carbocycles. The lowest BCUT2D eigenvalue weighted by molar-refractivity contribution is 0.0986. The number of amidine groups is 1. The first-order valence-corrected chi connectivity index (χ1v) is 7.06. The van der Waals surface area contributed by atoms with Crippen LogP contribution in [0.5, 0.6) is 5.75 Å². The summed E-state index contributed by atoms with van der Waals surface area (Å²) in [5.41, 5.74) is 6.58. The second-order valence-corrected chi connectivity index (χ2v) is 6.47. The quantitative estimate of drug-likeness (QED) is 0.650. The van der Waals surface area contributed by atoms with Crippen LogP contribution in [-0.2, 0) is 0 Å². The van der Waals surface area contributed by atoms with E-state index in [1.54, 1.807) is 18.2 Å². The van der Waals surface area contributed by atoms with Crippen LogP contribution in [0.25, 0.3) is 0 Å². The van der Waals surface area contributed by atoms with E-state index in [1.165, 1.54) is 12.8 Å². The van der Waals surface area contributed by atoms with Gasteiger partial charge in [0.1, 0.15) is 11.6 Å². The molecule has 4 heteroatoms. The maximum absolute atomic E-state index is 7.59. The van der Waals surface area contributed by atoms with Gasteiger partial charge in [-0.1, -0.05) is 25.4 Å². The van der Waals surface area contributed by atoms with Crippen LogP contribution in [0.4, 0.5) is 0 Å². The molecule has 19 heavy (non-hydrogen) atoms. The smallest absolute Gasteiger partial charge is 0.130 e. The Kier molecular flexibility index (Phi) is 4.04. The maximum Gasteiger partial charge on any atom is 0.130 e. The molecule has 0 unspecified atom stereocenters. The minimum absolute atomic E-state index is 0.00589. The summed E-state index contributed by atoms with van der Waals surface area (Å²) in [6, 6.07) is 5.26. The molecule has 0 aliphatic heterocycles. The summed E-state index contributed by atoms with van der Waals surface area (Å²) in [5.74, 6) is 0.662. The Morgan fingerprint density at radius 1 is 1.37 bits per heavy atom. The predicted molar refractivity (Wildman–Crippen MR) is 79.1 cm³/mol. The maximum atomic E-state index is 7.59. The van der Waals surface area contributed by atoms with Crippen LogP contribution in [0.2, 0.25) is 5.02 Å². The van der Waals surface area contributed by atoms with E-state index >= 15 is 0 Å². The molecule has 0 saturated heterocycles. The van der Waals surface area contributed by atoms with Gasteiger partial charge in [0, 0.05) is 5.02 Å². The average molecular weight is 281 g/mol. The lowest BCUT2D eigenvalue weighted by atomic mass is 9.76. The van der Waals surface area contributed by atoms with E-state index in [1.807, 2.05) is 0 Å². The zero-order chi connectivity index (χ0) is 14.0. The monoisotopic (exact) mass is 280 g/mol. The highest BCUT2D eigenvalue weighted by atomic mass is 35.5. The van der Waals surface area contributed by atoms with E-state index < -0.39 is 0 Å². The minimum atomic E-state index is -0.00589. The number of hydrogen-bond donors (Lipinski definition) is 2. The lowest BCUT2D eigenvalue weighted by Crippen LogP contribution is -2.29. The van der Waals surface area contributed by atoms with E-state index in [-0.39, 0.29) is 11.9 Å². The molecule has 0 atom stereocenters. The predicted octanol–water partition coefficient (Wildman–Crippen LogP) is 3.97. The Hall–Kier alpha value is -1.22. The van der Waals surface area contributed by atoms with Crippen LogP contribution < -0.4 is 10.5 Å². The van der Waals surface area contributed by atoms with Crippen LogP contribution in [0.15, 0.2) is 18.2 Å². The van der Waals surface area contributed by atoms with Gasteiger partial charge in [0.2, 0.25) is 0 Å². The number of nitrogens with one attached hydrogen (secondary N) is 1. The van der Waals surface area contributed by atoms with Crippen molar-refractivity contribution < 1.29 is 4.74 Å². The van der Waals surface area contributed by atoms with Gasteiger partial charge in [-0.3, -0.25) is 5.41 Å². The number of ether oxygens (including phenoxy) is 1. The van der Waals surface area contributed by atoms with Crippen molar-refractivity contribution in [1.82, 2.24) is 0 Å². The summed E-state index contributed by atoms with van der Waals surface area (Å²) in [5, 5.41) is 8.16. The Morgan fingerprint density at radius 2 is 2.00 bits per heavy atom. The molecule has 1 saturated carbocycles. The third-order valence-corrected chi connectivity index (χ3v) is 4.05. The SMILES string of the molecule is CC1(C)CCC(Oc2ccc(Cl)cc2C(=N)N)CC1. The summed E-state index contributed by atoms with van der Waals surface area (Å²) in [6.07, 6.45) is 4.65. The zero-order valence-corrected chi connectivity index (χ0v) is 12.3. The van der Waals surface area contributed by atoms with E-state index in [0.29, 0.717) is 21.8 Å². The van der Waals surface area contributed by atoms with Gasteiger partial charge in [-0.2, -0.15) is 0 Å². The van der Waals surface area contributed by atoms with Crippen LogP contribution in [0.3, 0.4) is 0 Å². The molecule has 0 radical (unpaired) electrons. The number of rotatable bonds is 3. The fraction of sp³-hybridized carbons (Fsp3) is 0.533. The van der Waals surface area contributed by atoms with E-state index in [0.717, 1.165) is 12.8 Å². The summed E-state index contributed by atoms with van der Waals surface area (Å²) < 4.78 is 6.02. The fourth-order valence-corrected chi connectivity index (χ4v) is 2.66. The Morgan fingerprint density at radius 3 is 2.58 bits per heavy atom. The second-order valence-electron chi connectivity index (χ2n) is 6.04. The summed E-state index contributed by atoms with van der Waals surface area (Å²) in [6.45, 7) is 4.60. The fourth-order valence-electron chi connectivity index (χ4n) is 2.49. The number of hydrogen-bond acceptors (Lipinski definition) is 2. The van der Waals surface area contributed by atoms with E-state index in [9.17, 15) is 0 Å². The molecule has 2 rings (SSSR count). The van der Waals surface area contributed by atoms with Gasteiger partial charge < -0.3 is 10.5 Å². The van der Waals surface area contributed by atoms with Gasteiger partial charge in [-0.25, -0.2) is 0 Å². The highest BCUT2D eigenvalue weighted by Gasteiger charge is 2.28. The standard InChI is InChI=1S/C15H21ClN2O/c1-15(2)7-5-11(6-8-15)19-13-4-3-10(16)9-12(13)14(17)18/h3-4,9,11H,5-8H2,1-2H3,(H3,17,18). The number of nitrogens with two attached hydrogens (primary N) is 1. The van der Waals surface area contributed by atoms with Crippen LogP contribution in [0, 0.1) is 10.8 Å². The normalized spacial score (nSPS) is 19.1. The molecule has 0 spiro atoms. The first kappa shape index (κ1) is 14.2. The van der Waals surface area contributed by atoms with Gasteiger partial charge in [0.15, 0.2) is 0 Å². The first-order chi connectivity index (χ1) is 8.87. The van der Waals surface area contributed by atoms with Crippen molar-refractivity contribution in [2.45, 2.75) is 45.6 Å². The van der Waals surface area contributed by atoms with Crippen molar-refractivity contribution in [2.75, 3.05) is 0 Å². The largest absolute Gasteiger partial charge is 0.490 e. The minimum Gasteiger partial charge on any atom is -0.490 e. The molecular weight excluding hydrogens is 260 g/mol. The third kappa shape index (κ3) is 3.63. The summed E-state index contributed by atoms with van der Waals surface area (Å²) >= 11 is 5.93. The van der Waals surface area contributed by atoms with E-state index in [4.69, 9.17) is 27.5 Å². The van der Waals surface area contributed by atoms with Crippen molar-refractivity contribution in [2.24, 2.45) is 11.1 Å². The molecule has 104 valence electrons. The molecular formula is C15H21ClN2O. The molecule has 0 amide bonds. The molecule has 0 heterocycles. The molecule has 1 aliphatic rings. The van der Waals surface area contributed by atoms with E-state index in [2.05, 4.69) is 13.8 Å². The number of halogens is 1. The van der Waals surface area contributed by atoms with Crippen molar-refractivity contribution in [3.63, 3.8) is 0 Å². The van der Waals surface area contributed by atoms with Gasteiger partial charge >= 0.3 is 0 Å². The molecule has 0 aromatic heterocycles.